The second kappa shape index (κ2) is 7.67. The van der Waals surface area contributed by atoms with Crippen molar-refractivity contribution < 1.29 is 13.2 Å². The summed E-state index contributed by atoms with van der Waals surface area (Å²) in [4.78, 5) is 24.3. The van der Waals surface area contributed by atoms with E-state index in [1.165, 1.54) is 46.5 Å². The number of thiophene rings is 1. The lowest BCUT2D eigenvalue weighted by Gasteiger charge is -2.13. The van der Waals surface area contributed by atoms with E-state index < -0.39 is 10.0 Å². The molecule has 0 bridgehead atoms. The SMILES string of the molecule is Cc1nc(S[C@@H](C)C(=O)Nc2ccc(S(N)(=O)=O)cc2)c2c3c(sc2n1)CCC3. The van der Waals surface area contributed by atoms with Gasteiger partial charge in [0.1, 0.15) is 15.7 Å². The fourth-order valence-electron chi connectivity index (χ4n) is 3.34. The minimum atomic E-state index is -3.76. The minimum absolute atomic E-state index is 0.00286. The Morgan fingerprint density at radius 1 is 1.24 bits per heavy atom. The molecule has 2 aromatic heterocycles. The van der Waals surface area contributed by atoms with Gasteiger partial charge in [0.05, 0.1) is 10.1 Å². The number of carbonyl (C=O) groups is 1. The number of primary sulfonamides is 1. The molecule has 7 nitrogen and oxygen atoms in total. The molecular formula is C19H20N4O3S3. The van der Waals surface area contributed by atoms with Crippen molar-refractivity contribution in [2.75, 3.05) is 5.32 Å². The van der Waals surface area contributed by atoms with Crippen LogP contribution < -0.4 is 10.5 Å². The molecule has 0 spiro atoms. The van der Waals surface area contributed by atoms with Gasteiger partial charge < -0.3 is 5.32 Å². The van der Waals surface area contributed by atoms with Crippen LogP contribution in [0.1, 0.15) is 29.6 Å². The number of carbonyl (C=O) groups excluding carboxylic acids is 1. The van der Waals surface area contributed by atoms with Gasteiger partial charge in [0.25, 0.3) is 0 Å². The Bertz CT molecular complexity index is 1200. The highest BCUT2D eigenvalue weighted by Crippen LogP contribution is 2.41. The van der Waals surface area contributed by atoms with Gasteiger partial charge in [-0.2, -0.15) is 0 Å². The number of hydrogen-bond donors (Lipinski definition) is 2. The van der Waals surface area contributed by atoms with Crippen LogP contribution in [0.15, 0.2) is 34.2 Å². The monoisotopic (exact) mass is 448 g/mol. The summed E-state index contributed by atoms with van der Waals surface area (Å²) in [5, 5.41) is 9.47. The number of amides is 1. The van der Waals surface area contributed by atoms with E-state index in [-0.39, 0.29) is 16.1 Å². The molecule has 1 atom stereocenters. The van der Waals surface area contributed by atoms with Crippen LogP contribution in [-0.2, 0) is 27.7 Å². The third kappa shape index (κ3) is 4.16. The molecule has 1 aliphatic carbocycles. The first-order valence-corrected chi connectivity index (χ1v) is 12.4. The molecule has 0 saturated carbocycles. The standard InChI is InChI=1S/C19H20N4O3S3/c1-10(17(24)23-12-6-8-13(9-7-12)29(20,25)26)27-18-16-14-4-3-5-15(14)28-19(16)22-11(2)21-18/h6-10H,3-5H2,1-2H3,(H,23,24)(H2,20,25,26)/t10-/m0/s1. The number of aromatic nitrogens is 2. The van der Waals surface area contributed by atoms with Crippen molar-refractivity contribution >= 4 is 54.9 Å². The van der Waals surface area contributed by atoms with Gasteiger partial charge >= 0.3 is 0 Å². The number of sulfonamides is 1. The molecule has 3 N–H and O–H groups in total. The number of fused-ring (bicyclic) bond motifs is 3. The maximum atomic E-state index is 12.7. The molecule has 3 aromatic rings. The Morgan fingerprint density at radius 2 is 1.97 bits per heavy atom. The van der Waals surface area contributed by atoms with E-state index in [4.69, 9.17) is 5.14 Å². The topological polar surface area (TPSA) is 115 Å². The van der Waals surface area contributed by atoms with E-state index in [1.54, 1.807) is 11.3 Å². The number of benzene rings is 1. The molecule has 152 valence electrons. The summed E-state index contributed by atoms with van der Waals surface area (Å²) in [5.74, 6) is 0.515. The molecule has 0 aliphatic heterocycles. The van der Waals surface area contributed by atoms with Gasteiger partial charge in [-0.15, -0.1) is 11.3 Å². The second-order valence-electron chi connectivity index (χ2n) is 6.93. The largest absolute Gasteiger partial charge is 0.325 e. The number of thioether (sulfide) groups is 1. The van der Waals surface area contributed by atoms with Crippen LogP contribution in [0.2, 0.25) is 0 Å². The van der Waals surface area contributed by atoms with Gasteiger partial charge in [0.15, 0.2) is 0 Å². The molecule has 0 saturated heterocycles. The number of nitrogens with two attached hydrogens (primary N) is 1. The number of anilines is 1. The third-order valence-electron chi connectivity index (χ3n) is 4.75. The molecular weight excluding hydrogens is 428 g/mol. The first kappa shape index (κ1) is 20.3. The third-order valence-corrected chi connectivity index (χ3v) is 7.95. The number of nitrogens with one attached hydrogen (secondary N) is 1. The molecule has 4 rings (SSSR count). The lowest BCUT2D eigenvalue weighted by atomic mass is 10.2. The van der Waals surface area contributed by atoms with Gasteiger partial charge in [-0.25, -0.2) is 23.5 Å². The molecule has 1 aliphatic rings. The Kier molecular flexibility index (Phi) is 5.36. The van der Waals surface area contributed by atoms with Gasteiger partial charge in [-0.1, -0.05) is 11.8 Å². The van der Waals surface area contributed by atoms with Crippen LogP contribution in [0.25, 0.3) is 10.2 Å². The van der Waals surface area contributed by atoms with Gasteiger partial charge in [0.2, 0.25) is 15.9 Å². The normalized spacial score (nSPS) is 14.7. The van der Waals surface area contributed by atoms with E-state index in [0.717, 1.165) is 34.5 Å². The zero-order valence-corrected chi connectivity index (χ0v) is 18.4. The first-order valence-electron chi connectivity index (χ1n) is 9.11. The summed E-state index contributed by atoms with van der Waals surface area (Å²) < 4.78 is 22.7. The predicted molar refractivity (Wildman–Crippen MR) is 116 cm³/mol. The van der Waals surface area contributed by atoms with Crippen molar-refractivity contribution in [3.63, 3.8) is 0 Å². The highest BCUT2D eigenvalue weighted by atomic mass is 32.2. The number of nitrogens with zero attached hydrogens (tertiary/aromatic N) is 2. The molecule has 29 heavy (non-hydrogen) atoms. The lowest BCUT2D eigenvalue weighted by molar-refractivity contribution is -0.115. The lowest BCUT2D eigenvalue weighted by Crippen LogP contribution is -2.22. The zero-order chi connectivity index (χ0) is 20.8. The van der Waals surface area contributed by atoms with Gasteiger partial charge in [-0.05, 0) is 62.9 Å². The number of hydrogen-bond acceptors (Lipinski definition) is 7. The molecule has 0 radical (unpaired) electrons. The van der Waals surface area contributed by atoms with Gasteiger partial charge in [-0.3, -0.25) is 4.79 Å². The van der Waals surface area contributed by atoms with E-state index >= 15 is 0 Å². The van der Waals surface area contributed by atoms with Crippen LogP contribution in [0.3, 0.4) is 0 Å². The fraction of sp³-hybridized carbons (Fsp3) is 0.316. The van der Waals surface area contributed by atoms with Crippen LogP contribution in [0.5, 0.6) is 0 Å². The minimum Gasteiger partial charge on any atom is -0.325 e. The van der Waals surface area contributed by atoms with Crippen LogP contribution >= 0.6 is 23.1 Å². The van der Waals surface area contributed by atoms with Crippen LogP contribution in [0, 0.1) is 6.92 Å². The molecule has 1 amide bonds. The van der Waals surface area contributed by atoms with Crippen molar-refractivity contribution in [1.29, 1.82) is 0 Å². The fourth-order valence-corrected chi connectivity index (χ4v) is 6.25. The average molecular weight is 449 g/mol. The molecule has 2 heterocycles. The number of rotatable bonds is 5. The number of aryl methyl sites for hydroxylation is 3. The molecule has 0 unspecified atom stereocenters. The van der Waals surface area contributed by atoms with E-state index in [2.05, 4.69) is 15.3 Å². The van der Waals surface area contributed by atoms with Crippen molar-refractivity contribution in [2.24, 2.45) is 5.14 Å². The maximum Gasteiger partial charge on any atom is 0.238 e. The summed E-state index contributed by atoms with van der Waals surface area (Å²) in [7, 11) is -3.76. The van der Waals surface area contributed by atoms with E-state index in [9.17, 15) is 13.2 Å². The Hall–Kier alpha value is -2.01. The average Bonchev–Trinajstić information content (AvgIpc) is 3.21. The summed E-state index contributed by atoms with van der Waals surface area (Å²) >= 11 is 3.15. The molecule has 10 heteroatoms. The second-order valence-corrected chi connectivity index (χ2v) is 10.9. The first-order chi connectivity index (χ1) is 13.7. The predicted octanol–water partition coefficient (Wildman–Crippen LogP) is 3.26. The smallest absolute Gasteiger partial charge is 0.238 e. The summed E-state index contributed by atoms with van der Waals surface area (Å²) in [6.07, 6.45) is 3.27. The van der Waals surface area contributed by atoms with Crippen molar-refractivity contribution in [3.05, 3.63) is 40.5 Å². The van der Waals surface area contributed by atoms with Crippen molar-refractivity contribution in [2.45, 2.75) is 48.3 Å². The molecule has 1 aromatic carbocycles. The molecule has 0 fully saturated rings. The van der Waals surface area contributed by atoms with Crippen LogP contribution in [-0.4, -0.2) is 29.5 Å². The Labute approximate surface area is 177 Å². The summed E-state index contributed by atoms with van der Waals surface area (Å²) in [6.45, 7) is 3.70. The summed E-state index contributed by atoms with van der Waals surface area (Å²) in [6, 6.07) is 5.78. The van der Waals surface area contributed by atoms with Gasteiger partial charge in [0, 0.05) is 16.0 Å². The van der Waals surface area contributed by atoms with Crippen molar-refractivity contribution in [1.82, 2.24) is 9.97 Å². The Morgan fingerprint density at radius 3 is 2.66 bits per heavy atom. The highest BCUT2D eigenvalue weighted by Gasteiger charge is 2.24. The maximum absolute atomic E-state index is 12.7. The van der Waals surface area contributed by atoms with Crippen molar-refractivity contribution in [3.8, 4) is 0 Å². The Balaban J connectivity index is 1.53. The summed E-state index contributed by atoms with van der Waals surface area (Å²) in [5.41, 5.74) is 1.84. The van der Waals surface area contributed by atoms with E-state index in [0.29, 0.717) is 11.5 Å². The highest BCUT2D eigenvalue weighted by molar-refractivity contribution is 8.00. The van der Waals surface area contributed by atoms with E-state index in [1.807, 2.05) is 13.8 Å². The van der Waals surface area contributed by atoms with Crippen LogP contribution in [0.4, 0.5) is 5.69 Å². The zero-order valence-electron chi connectivity index (χ0n) is 15.9. The quantitative estimate of drug-likeness (QED) is 0.457.